The van der Waals surface area contributed by atoms with Gasteiger partial charge in [-0.3, -0.25) is 9.59 Å². The smallest absolute Gasteiger partial charge is 0.228 e. The van der Waals surface area contributed by atoms with Crippen molar-refractivity contribution in [3.8, 4) is 0 Å². The minimum atomic E-state index is -0.0832. The van der Waals surface area contributed by atoms with Crippen LogP contribution in [0.1, 0.15) is 51.7 Å². The van der Waals surface area contributed by atoms with Gasteiger partial charge in [-0.25, -0.2) is 0 Å². The van der Waals surface area contributed by atoms with E-state index in [9.17, 15) is 9.59 Å². The molecule has 2 aromatic rings. The molecule has 0 saturated heterocycles. The summed E-state index contributed by atoms with van der Waals surface area (Å²) in [5.74, 6) is 0.0372. The first kappa shape index (κ1) is 20.1. The van der Waals surface area contributed by atoms with Gasteiger partial charge in [-0.05, 0) is 41.5 Å². The number of carbonyl (C=O) groups is 2. The fourth-order valence-corrected chi connectivity index (χ4v) is 3.93. The van der Waals surface area contributed by atoms with Crippen LogP contribution in [-0.4, -0.2) is 24.9 Å². The van der Waals surface area contributed by atoms with Crippen molar-refractivity contribution in [2.75, 3.05) is 22.9 Å². The maximum atomic E-state index is 13.0. The molecule has 0 fully saturated rings. The van der Waals surface area contributed by atoms with E-state index in [-0.39, 0.29) is 17.2 Å². The standard InChI is InChI=1S/C24H30N2O2/c1-18(27)25(22-14-8-6-12-20(22)24(2,3)4)17-15-23(28)26-16-9-11-19-10-5-7-13-21(19)26/h5-8,10,12-14H,9,11,15-17H2,1-4H3. The molecule has 28 heavy (non-hydrogen) atoms. The largest absolute Gasteiger partial charge is 0.312 e. The predicted octanol–water partition coefficient (Wildman–Crippen LogP) is 4.71. The van der Waals surface area contributed by atoms with Crippen LogP contribution in [0.15, 0.2) is 48.5 Å². The summed E-state index contributed by atoms with van der Waals surface area (Å²) in [6.45, 7) is 9.12. The van der Waals surface area contributed by atoms with E-state index in [2.05, 4.69) is 32.9 Å². The molecule has 0 aromatic heterocycles. The third kappa shape index (κ3) is 4.27. The Morgan fingerprint density at radius 2 is 1.71 bits per heavy atom. The fourth-order valence-electron chi connectivity index (χ4n) is 3.93. The molecule has 0 unspecified atom stereocenters. The maximum absolute atomic E-state index is 13.0. The van der Waals surface area contributed by atoms with Crippen molar-refractivity contribution in [3.05, 3.63) is 59.7 Å². The zero-order chi connectivity index (χ0) is 20.3. The SMILES string of the molecule is CC(=O)N(CCC(=O)N1CCCc2ccccc21)c1ccccc1C(C)(C)C. The molecule has 148 valence electrons. The van der Waals surface area contributed by atoms with Crippen LogP contribution in [0.4, 0.5) is 11.4 Å². The Morgan fingerprint density at radius 1 is 1.04 bits per heavy atom. The lowest BCUT2D eigenvalue weighted by Crippen LogP contribution is -2.39. The van der Waals surface area contributed by atoms with E-state index < -0.39 is 0 Å². The van der Waals surface area contributed by atoms with E-state index in [1.165, 1.54) is 5.56 Å². The van der Waals surface area contributed by atoms with Gasteiger partial charge in [-0.1, -0.05) is 57.2 Å². The topological polar surface area (TPSA) is 40.6 Å². The second-order valence-electron chi connectivity index (χ2n) is 8.47. The van der Waals surface area contributed by atoms with Crippen LogP contribution in [-0.2, 0) is 21.4 Å². The summed E-state index contributed by atoms with van der Waals surface area (Å²) < 4.78 is 0. The second kappa shape index (κ2) is 8.17. The molecule has 4 nitrogen and oxygen atoms in total. The number of anilines is 2. The summed E-state index contributed by atoms with van der Waals surface area (Å²) in [7, 11) is 0. The van der Waals surface area contributed by atoms with Crippen LogP contribution in [0.25, 0.3) is 0 Å². The lowest BCUT2D eigenvalue weighted by molar-refractivity contribution is -0.118. The van der Waals surface area contributed by atoms with Gasteiger partial charge in [0.2, 0.25) is 11.8 Å². The van der Waals surface area contributed by atoms with Gasteiger partial charge in [0, 0.05) is 37.8 Å². The van der Waals surface area contributed by atoms with Gasteiger partial charge in [-0.2, -0.15) is 0 Å². The van der Waals surface area contributed by atoms with Gasteiger partial charge in [-0.15, -0.1) is 0 Å². The summed E-state index contributed by atoms with van der Waals surface area (Å²) in [5, 5.41) is 0. The summed E-state index contributed by atoms with van der Waals surface area (Å²) >= 11 is 0. The summed E-state index contributed by atoms with van der Waals surface area (Å²) in [4.78, 5) is 29.0. The van der Waals surface area contributed by atoms with Crippen LogP contribution >= 0.6 is 0 Å². The van der Waals surface area contributed by atoms with Crippen LogP contribution in [0.3, 0.4) is 0 Å². The lowest BCUT2D eigenvalue weighted by Gasteiger charge is -2.32. The average molecular weight is 379 g/mol. The third-order valence-electron chi connectivity index (χ3n) is 5.34. The molecule has 0 aliphatic carbocycles. The Bertz CT molecular complexity index is 867. The highest BCUT2D eigenvalue weighted by Gasteiger charge is 2.26. The van der Waals surface area contributed by atoms with Crippen LogP contribution in [0, 0.1) is 0 Å². The van der Waals surface area contributed by atoms with E-state index in [1.807, 2.05) is 41.3 Å². The molecular formula is C24H30N2O2. The van der Waals surface area contributed by atoms with Crippen molar-refractivity contribution in [1.29, 1.82) is 0 Å². The highest BCUT2D eigenvalue weighted by atomic mass is 16.2. The number of fused-ring (bicyclic) bond motifs is 1. The molecule has 0 radical (unpaired) electrons. The Kier molecular flexibility index (Phi) is 5.87. The molecule has 0 spiro atoms. The molecule has 0 saturated carbocycles. The van der Waals surface area contributed by atoms with Crippen LogP contribution < -0.4 is 9.80 Å². The lowest BCUT2D eigenvalue weighted by atomic mass is 9.85. The number of benzene rings is 2. The first-order chi connectivity index (χ1) is 13.3. The summed E-state index contributed by atoms with van der Waals surface area (Å²) in [6.07, 6.45) is 2.30. The Balaban J connectivity index is 1.79. The first-order valence-corrected chi connectivity index (χ1v) is 10.0. The number of aryl methyl sites for hydroxylation is 1. The molecule has 0 bridgehead atoms. The number of hydrogen-bond acceptors (Lipinski definition) is 2. The van der Waals surface area contributed by atoms with Crippen molar-refractivity contribution in [3.63, 3.8) is 0 Å². The third-order valence-corrected chi connectivity index (χ3v) is 5.34. The number of carbonyl (C=O) groups excluding carboxylic acids is 2. The van der Waals surface area contributed by atoms with E-state index in [4.69, 9.17) is 0 Å². The maximum Gasteiger partial charge on any atom is 0.228 e. The number of amides is 2. The fraction of sp³-hybridized carbons (Fsp3) is 0.417. The number of para-hydroxylation sites is 2. The van der Waals surface area contributed by atoms with Crippen molar-refractivity contribution in [2.45, 2.75) is 52.4 Å². The Morgan fingerprint density at radius 3 is 2.43 bits per heavy atom. The molecule has 0 N–H and O–H groups in total. The van der Waals surface area contributed by atoms with Crippen LogP contribution in [0.2, 0.25) is 0 Å². The number of hydrogen-bond donors (Lipinski definition) is 0. The van der Waals surface area contributed by atoms with Gasteiger partial charge in [0.1, 0.15) is 0 Å². The number of rotatable bonds is 4. The normalized spacial score (nSPS) is 13.8. The summed E-state index contributed by atoms with van der Waals surface area (Å²) in [5.41, 5.74) is 4.17. The zero-order valence-electron chi connectivity index (χ0n) is 17.4. The van der Waals surface area contributed by atoms with Gasteiger partial charge in [0.15, 0.2) is 0 Å². The van der Waals surface area contributed by atoms with Gasteiger partial charge < -0.3 is 9.80 Å². The Hall–Kier alpha value is -2.62. The molecular weight excluding hydrogens is 348 g/mol. The average Bonchev–Trinajstić information content (AvgIpc) is 2.67. The Labute approximate surface area is 168 Å². The minimum absolute atomic E-state index is 0.0384. The first-order valence-electron chi connectivity index (χ1n) is 10.0. The zero-order valence-corrected chi connectivity index (χ0v) is 17.4. The molecule has 2 amide bonds. The quantitative estimate of drug-likeness (QED) is 0.773. The summed E-state index contributed by atoms with van der Waals surface area (Å²) in [6, 6.07) is 16.1. The number of nitrogens with zero attached hydrogens (tertiary/aromatic N) is 2. The minimum Gasteiger partial charge on any atom is -0.312 e. The van der Waals surface area contributed by atoms with Gasteiger partial charge in [0.25, 0.3) is 0 Å². The van der Waals surface area contributed by atoms with E-state index in [1.54, 1.807) is 11.8 Å². The van der Waals surface area contributed by atoms with E-state index in [0.717, 1.165) is 36.3 Å². The van der Waals surface area contributed by atoms with E-state index in [0.29, 0.717) is 13.0 Å². The highest BCUT2D eigenvalue weighted by molar-refractivity contribution is 5.97. The van der Waals surface area contributed by atoms with E-state index >= 15 is 0 Å². The molecule has 1 heterocycles. The van der Waals surface area contributed by atoms with Crippen molar-refractivity contribution in [2.24, 2.45) is 0 Å². The molecule has 2 aromatic carbocycles. The molecule has 1 aliphatic heterocycles. The molecule has 3 rings (SSSR count). The predicted molar refractivity (Wildman–Crippen MR) is 115 cm³/mol. The molecule has 4 heteroatoms. The second-order valence-corrected chi connectivity index (χ2v) is 8.47. The van der Waals surface area contributed by atoms with Crippen molar-refractivity contribution in [1.82, 2.24) is 0 Å². The molecule has 0 atom stereocenters. The van der Waals surface area contributed by atoms with Gasteiger partial charge in [0.05, 0.1) is 0 Å². The monoisotopic (exact) mass is 378 g/mol. The van der Waals surface area contributed by atoms with Crippen molar-refractivity contribution >= 4 is 23.2 Å². The van der Waals surface area contributed by atoms with Crippen molar-refractivity contribution < 1.29 is 9.59 Å². The highest BCUT2D eigenvalue weighted by Crippen LogP contribution is 2.32. The van der Waals surface area contributed by atoms with Gasteiger partial charge >= 0.3 is 0 Å². The van der Waals surface area contributed by atoms with Crippen LogP contribution in [0.5, 0.6) is 0 Å². The molecule has 1 aliphatic rings.